The van der Waals surface area contributed by atoms with Crippen molar-refractivity contribution in [3.63, 3.8) is 0 Å². The molecule has 0 heterocycles. The van der Waals surface area contributed by atoms with Gasteiger partial charge in [-0.25, -0.2) is 0 Å². The maximum absolute atomic E-state index is 5.94. The number of hydrogen-bond donors (Lipinski definition) is 0. The molecule has 0 spiro atoms. The zero-order chi connectivity index (χ0) is 11.3. The van der Waals surface area contributed by atoms with E-state index in [-0.39, 0.29) is 0 Å². The van der Waals surface area contributed by atoms with Gasteiger partial charge in [0.15, 0.2) is 0 Å². The summed E-state index contributed by atoms with van der Waals surface area (Å²) < 4.78 is 5.94. The van der Waals surface area contributed by atoms with Crippen LogP contribution < -0.4 is 0 Å². The van der Waals surface area contributed by atoms with Gasteiger partial charge in [-0.3, -0.25) is 0 Å². The second-order valence-electron chi connectivity index (χ2n) is 5.87. The van der Waals surface area contributed by atoms with Crippen LogP contribution in [0.15, 0.2) is 0 Å². The highest BCUT2D eigenvalue weighted by molar-refractivity contribution is 9.09. The quantitative estimate of drug-likeness (QED) is 0.541. The third kappa shape index (κ3) is 5.91. The lowest BCUT2D eigenvalue weighted by Crippen LogP contribution is -2.28. The summed E-state index contributed by atoms with van der Waals surface area (Å²) in [5.41, 5.74) is 0.448. The van der Waals surface area contributed by atoms with Crippen LogP contribution in [-0.4, -0.2) is 17.5 Å². The van der Waals surface area contributed by atoms with E-state index in [4.69, 9.17) is 4.74 Å². The van der Waals surface area contributed by atoms with Crippen molar-refractivity contribution in [3.8, 4) is 0 Å². The summed E-state index contributed by atoms with van der Waals surface area (Å²) in [6.07, 6.45) is 8.14. The molecule has 2 unspecified atom stereocenters. The number of ether oxygens (including phenoxy) is 1. The first-order valence-corrected chi connectivity index (χ1v) is 7.16. The van der Waals surface area contributed by atoms with Gasteiger partial charge in [0.05, 0.1) is 6.10 Å². The minimum absolute atomic E-state index is 0.448. The van der Waals surface area contributed by atoms with E-state index >= 15 is 0 Å². The van der Waals surface area contributed by atoms with Crippen molar-refractivity contribution in [2.45, 2.75) is 70.2 Å². The molecule has 0 aromatic heterocycles. The molecule has 1 nitrogen and oxygen atoms in total. The maximum Gasteiger partial charge on any atom is 0.0700 e. The minimum Gasteiger partial charge on any atom is -0.377 e. The highest BCUT2D eigenvalue weighted by Gasteiger charge is 2.23. The Morgan fingerprint density at radius 3 is 2.47 bits per heavy atom. The fraction of sp³-hybridized carbons (Fsp3) is 1.00. The molecule has 0 saturated heterocycles. The topological polar surface area (TPSA) is 9.23 Å². The van der Waals surface area contributed by atoms with Gasteiger partial charge in [-0.1, -0.05) is 49.5 Å². The van der Waals surface area contributed by atoms with Gasteiger partial charge < -0.3 is 4.74 Å². The third-order valence-corrected chi connectivity index (χ3v) is 4.07. The molecule has 0 aromatic rings. The highest BCUT2D eigenvalue weighted by Crippen LogP contribution is 2.27. The molecule has 1 saturated carbocycles. The Balaban J connectivity index is 2.08. The summed E-state index contributed by atoms with van der Waals surface area (Å²) in [4.78, 5) is 0.598. The van der Waals surface area contributed by atoms with Crippen LogP contribution in [0, 0.1) is 5.41 Å². The fourth-order valence-electron chi connectivity index (χ4n) is 2.08. The molecular formula is C13H25BrO. The third-order valence-electron chi connectivity index (χ3n) is 3.02. The summed E-state index contributed by atoms with van der Waals surface area (Å²) in [7, 11) is 0. The van der Waals surface area contributed by atoms with E-state index in [1.807, 2.05) is 0 Å². The van der Waals surface area contributed by atoms with Gasteiger partial charge >= 0.3 is 0 Å². The molecule has 0 N–H and O–H groups in total. The first-order chi connectivity index (χ1) is 6.99. The van der Waals surface area contributed by atoms with Crippen LogP contribution in [0.1, 0.15) is 59.3 Å². The van der Waals surface area contributed by atoms with Crippen LogP contribution in [0.4, 0.5) is 0 Å². The van der Waals surface area contributed by atoms with Gasteiger partial charge in [-0.2, -0.15) is 0 Å². The number of alkyl halides is 1. The second-order valence-corrected chi connectivity index (χ2v) is 7.05. The van der Waals surface area contributed by atoms with Crippen molar-refractivity contribution in [2.75, 3.05) is 6.61 Å². The molecule has 0 aliphatic heterocycles. The number of halogens is 1. The lowest BCUT2D eigenvalue weighted by Gasteiger charge is -2.28. The van der Waals surface area contributed by atoms with Crippen molar-refractivity contribution < 1.29 is 4.74 Å². The lowest BCUT2D eigenvalue weighted by molar-refractivity contribution is 0.0291. The molecule has 2 heteroatoms. The molecule has 90 valence electrons. The van der Waals surface area contributed by atoms with Crippen LogP contribution in [-0.2, 0) is 4.74 Å². The molecule has 0 radical (unpaired) electrons. The van der Waals surface area contributed by atoms with E-state index in [1.165, 1.54) is 38.5 Å². The average molecular weight is 277 g/mol. The van der Waals surface area contributed by atoms with Gasteiger partial charge in [0.25, 0.3) is 0 Å². The number of hydrogen-bond acceptors (Lipinski definition) is 1. The van der Waals surface area contributed by atoms with Crippen LogP contribution in [0.25, 0.3) is 0 Å². The van der Waals surface area contributed by atoms with E-state index < -0.39 is 0 Å². The summed E-state index contributed by atoms with van der Waals surface area (Å²) in [6, 6.07) is 0. The Hall–Kier alpha value is 0.440. The van der Waals surface area contributed by atoms with Crippen molar-refractivity contribution in [1.29, 1.82) is 0 Å². The molecule has 2 atom stereocenters. The molecular weight excluding hydrogens is 252 g/mol. The smallest absolute Gasteiger partial charge is 0.0700 e. The van der Waals surface area contributed by atoms with Crippen molar-refractivity contribution in [1.82, 2.24) is 0 Å². The molecule has 0 amide bonds. The van der Waals surface area contributed by atoms with Crippen LogP contribution in [0.2, 0.25) is 0 Å². The summed E-state index contributed by atoms with van der Waals surface area (Å²) in [5.74, 6) is 0. The van der Waals surface area contributed by atoms with Crippen molar-refractivity contribution in [2.24, 2.45) is 5.41 Å². The standard InChI is InChI=1S/C13H25BrO/c1-13(2,3)9-6-10-15-12-8-5-4-7-11(12)14/h11-12H,4-10H2,1-3H3. The Labute approximate surface area is 103 Å². The van der Waals surface area contributed by atoms with E-state index in [0.717, 1.165) is 6.61 Å². The van der Waals surface area contributed by atoms with Gasteiger partial charge in [0.1, 0.15) is 0 Å². The highest BCUT2D eigenvalue weighted by atomic mass is 79.9. The fourth-order valence-corrected chi connectivity index (χ4v) is 2.82. The predicted molar refractivity (Wildman–Crippen MR) is 69.6 cm³/mol. The monoisotopic (exact) mass is 276 g/mol. The molecule has 0 aromatic carbocycles. The van der Waals surface area contributed by atoms with Crippen molar-refractivity contribution >= 4 is 15.9 Å². The SMILES string of the molecule is CC(C)(C)CCCOC1CCCCC1Br. The molecule has 1 fully saturated rings. The van der Waals surface area contributed by atoms with Crippen LogP contribution in [0.3, 0.4) is 0 Å². The van der Waals surface area contributed by atoms with Gasteiger partial charge in [-0.05, 0) is 31.1 Å². The zero-order valence-electron chi connectivity index (χ0n) is 10.4. The molecule has 15 heavy (non-hydrogen) atoms. The van der Waals surface area contributed by atoms with Crippen LogP contribution in [0.5, 0.6) is 0 Å². The van der Waals surface area contributed by atoms with Gasteiger partial charge in [0.2, 0.25) is 0 Å². The predicted octanol–water partition coefficient (Wildman–Crippen LogP) is 4.54. The van der Waals surface area contributed by atoms with Crippen molar-refractivity contribution in [3.05, 3.63) is 0 Å². The Morgan fingerprint density at radius 2 is 1.87 bits per heavy atom. The van der Waals surface area contributed by atoms with E-state index in [9.17, 15) is 0 Å². The number of rotatable bonds is 4. The molecule has 0 bridgehead atoms. The normalized spacial score (nSPS) is 28.0. The second kappa shape index (κ2) is 6.24. The largest absolute Gasteiger partial charge is 0.377 e. The molecule has 1 aliphatic carbocycles. The zero-order valence-corrected chi connectivity index (χ0v) is 12.0. The summed E-state index contributed by atoms with van der Waals surface area (Å²) in [5, 5.41) is 0. The van der Waals surface area contributed by atoms with Gasteiger partial charge in [-0.15, -0.1) is 0 Å². The van der Waals surface area contributed by atoms with Gasteiger partial charge in [0, 0.05) is 11.4 Å². The molecule has 1 aliphatic rings. The Kier molecular flexibility index (Phi) is 5.62. The lowest BCUT2D eigenvalue weighted by atomic mass is 9.91. The summed E-state index contributed by atoms with van der Waals surface area (Å²) >= 11 is 3.72. The average Bonchev–Trinajstić information content (AvgIpc) is 2.13. The minimum atomic E-state index is 0.448. The maximum atomic E-state index is 5.94. The first kappa shape index (κ1) is 13.5. The Bertz CT molecular complexity index is 174. The van der Waals surface area contributed by atoms with E-state index in [1.54, 1.807) is 0 Å². The first-order valence-electron chi connectivity index (χ1n) is 6.25. The van der Waals surface area contributed by atoms with Crippen LogP contribution >= 0.6 is 15.9 Å². The molecule has 1 rings (SSSR count). The van der Waals surface area contributed by atoms with E-state index in [2.05, 4.69) is 36.7 Å². The van der Waals surface area contributed by atoms with E-state index in [0.29, 0.717) is 16.3 Å². The Morgan fingerprint density at radius 1 is 1.20 bits per heavy atom. The summed E-state index contributed by atoms with van der Waals surface area (Å²) in [6.45, 7) is 7.81.